The van der Waals surface area contributed by atoms with Gasteiger partial charge in [-0.25, -0.2) is 4.79 Å². The molecular weight excluding hydrogens is 364 g/mol. The van der Waals surface area contributed by atoms with Gasteiger partial charge in [0.1, 0.15) is 17.9 Å². The van der Waals surface area contributed by atoms with Gasteiger partial charge in [0.15, 0.2) is 18.1 Å². The Balaban J connectivity index is 2.16. The normalized spacial score (nSPS) is 9.79. The molecule has 0 saturated heterocycles. The second-order valence-electron chi connectivity index (χ2n) is 5.46. The summed E-state index contributed by atoms with van der Waals surface area (Å²) in [5, 5.41) is 8.98. The first kappa shape index (κ1) is 20.6. The molecule has 0 spiro atoms. The Morgan fingerprint density at radius 1 is 0.964 bits per heavy atom. The summed E-state index contributed by atoms with van der Waals surface area (Å²) in [6, 6.07) is 13.5. The topological polar surface area (TPSA) is 98.1 Å². The average molecular weight is 384 g/mol. The van der Waals surface area contributed by atoms with Gasteiger partial charge in [0.05, 0.1) is 27.4 Å². The van der Waals surface area contributed by atoms with Crippen molar-refractivity contribution in [1.29, 1.82) is 5.26 Å². The Bertz CT molecular complexity index is 876. The van der Waals surface area contributed by atoms with Gasteiger partial charge in [-0.15, -0.1) is 0 Å². The van der Waals surface area contributed by atoms with Gasteiger partial charge in [0, 0.05) is 17.8 Å². The maximum atomic E-state index is 12.5. The summed E-state index contributed by atoms with van der Waals surface area (Å²) in [5.74, 6) is -0.378. The number of para-hydroxylation sites is 1. The summed E-state index contributed by atoms with van der Waals surface area (Å²) in [5.41, 5.74) is 0.619. The number of carbonyl (C=O) groups is 2. The third-order valence-electron chi connectivity index (χ3n) is 3.85. The molecule has 0 unspecified atom stereocenters. The zero-order valence-electron chi connectivity index (χ0n) is 15.8. The molecule has 0 atom stereocenters. The van der Waals surface area contributed by atoms with Crippen LogP contribution in [0.15, 0.2) is 42.5 Å². The molecule has 0 bridgehead atoms. The van der Waals surface area contributed by atoms with Crippen molar-refractivity contribution >= 4 is 17.6 Å². The van der Waals surface area contributed by atoms with Crippen LogP contribution in [-0.4, -0.2) is 46.4 Å². The van der Waals surface area contributed by atoms with Crippen LogP contribution in [0.4, 0.5) is 5.69 Å². The van der Waals surface area contributed by atoms with E-state index in [0.717, 1.165) is 0 Å². The molecule has 2 aromatic carbocycles. The lowest BCUT2D eigenvalue weighted by Crippen LogP contribution is -2.35. The molecule has 146 valence electrons. The summed E-state index contributed by atoms with van der Waals surface area (Å²) < 4.78 is 20.7. The van der Waals surface area contributed by atoms with Crippen LogP contribution in [0.2, 0.25) is 0 Å². The third-order valence-corrected chi connectivity index (χ3v) is 3.85. The minimum Gasteiger partial charge on any atom is -0.496 e. The van der Waals surface area contributed by atoms with Gasteiger partial charge in [-0.05, 0) is 12.1 Å². The highest BCUT2D eigenvalue weighted by Crippen LogP contribution is 2.34. The lowest BCUT2D eigenvalue weighted by Gasteiger charge is -2.19. The average Bonchev–Trinajstić information content (AvgIpc) is 2.74. The van der Waals surface area contributed by atoms with Crippen LogP contribution < -0.4 is 19.1 Å². The molecule has 0 saturated carbocycles. The molecular formula is C20H20N2O6. The van der Waals surface area contributed by atoms with E-state index in [0.29, 0.717) is 17.2 Å². The molecule has 0 radical (unpaired) electrons. The fraction of sp³-hybridized carbons (Fsp3) is 0.250. The van der Waals surface area contributed by atoms with E-state index in [4.69, 9.17) is 24.2 Å². The van der Waals surface area contributed by atoms with Crippen LogP contribution in [0.25, 0.3) is 0 Å². The van der Waals surface area contributed by atoms with Crippen LogP contribution in [0, 0.1) is 11.3 Å². The Morgan fingerprint density at radius 3 is 2.14 bits per heavy atom. The quantitative estimate of drug-likeness (QED) is 0.509. The number of benzene rings is 2. The lowest BCUT2D eigenvalue weighted by molar-refractivity contribution is -0.121. The highest BCUT2D eigenvalue weighted by atomic mass is 16.5. The number of nitrogens with zero attached hydrogens (tertiary/aromatic N) is 2. The maximum Gasteiger partial charge on any atom is 0.342 e. The molecule has 0 aliphatic rings. The summed E-state index contributed by atoms with van der Waals surface area (Å²) in [6.07, 6.45) is 0. The van der Waals surface area contributed by atoms with Gasteiger partial charge in [-0.3, -0.25) is 9.69 Å². The molecule has 0 N–H and O–H groups in total. The van der Waals surface area contributed by atoms with E-state index in [1.165, 1.54) is 38.4 Å². The summed E-state index contributed by atoms with van der Waals surface area (Å²) >= 11 is 0. The number of carbonyl (C=O) groups excluding carboxylic acids is 2. The van der Waals surface area contributed by atoms with Gasteiger partial charge in [0.2, 0.25) is 0 Å². The zero-order chi connectivity index (χ0) is 20.5. The predicted octanol–water partition coefficient (Wildman–Crippen LogP) is 2.43. The van der Waals surface area contributed by atoms with E-state index in [9.17, 15) is 9.59 Å². The van der Waals surface area contributed by atoms with Crippen molar-refractivity contribution in [1.82, 2.24) is 0 Å². The van der Waals surface area contributed by atoms with E-state index < -0.39 is 18.5 Å². The molecule has 0 aliphatic heterocycles. The Morgan fingerprint density at radius 2 is 1.57 bits per heavy atom. The van der Waals surface area contributed by atoms with E-state index in [1.807, 2.05) is 6.07 Å². The van der Waals surface area contributed by atoms with Gasteiger partial charge in [0.25, 0.3) is 5.91 Å². The molecule has 0 fully saturated rings. The maximum absolute atomic E-state index is 12.5. The predicted molar refractivity (Wildman–Crippen MR) is 101 cm³/mol. The molecule has 28 heavy (non-hydrogen) atoms. The number of rotatable bonds is 8. The minimum atomic E-state index is -0.767. The van der Waals surface area contributed by atoms with Gasteiger partial charge in [-0.1, -0.05) is 18.2 Å². The smallest absolute Gasteiger partial charge is 0.342 e. The van der Waals surface area contributed by atoms with Gasteiger partial charge < -0.3 is 18.9 Å². The van der Waals surface area contributed by atoms with Crippen molar-refractivity contribution in [3.63, 3.8) is 0 Å². The molecule has 2 rings (SSSR count). The molecule has 2 aromatic rings. The van der Waals surface area contributed by atoms with Crippen LogP contribution in [0.5, 0.6) is 17.2 Å². The van der Waals surface area contributed by atoms with Gasteiger partial charge in [-0.2, -0.15) is 5.26 Å². The van der Waals surface area contributed by atoms with E-state index in [1.54, 1.807) is 30.3 Å². The standard InChI is InChI=1S/C20H20N2O6/c1-25-16-12-18(27-3)17(26-2)11-15(16)20(24)28-13-19(23)22(10-9-21)14-7-5-4-6-8-14/h4-8,11-12H,10,13H2,1-3H3. The number of anilines is 1. The number of methoxy groups -OCH3 is 3. The summed E-state index contributed by atoms with van der Waals surface area (Å²) in [6.45, 7) is -0.701. The summed E-state index contributed by atoms with van der Waals surface area (Å²) in [4.78, 5) is 26.2. The number of hydrogen-bond donors (Lipinski definition) is 0. The molecule has 0 aliphatic carbocycles. The second kappa shape index (κ2) is 9.83. The molecule has 8 nitrogen and oxygen atoms in total. The minimum absolute atomic E-state index is 0.0829. The first-order chi connectivity index (χ1) is 13.5. The number of amides is 1. The number of nitriles is 1. The second-order valence-corrected chi connectivity index (χ2v) is 5.46. The Hall–Kier alpha value is -3.73. The Labute approximate surface area is 162 Å². The van der Waals surface area contributed by atoms with Crippen LogP contribution >= 0.6 is 0 Å². The monoisotopic (exact) mass is 384 g/mol. The molecule has 8 heteroatoms. The van der Waals surface area contributed by atoms with E-state index >= 15 is 0 Å². The highest BCUT2D eigenvalue weighted by Gasteiger charge is 2.22. The lowest BCUT2D eigenvalue weighted by atomic mass is 10.1. The fourth-order valence-electron chi connectivity index (χ4n) is 2.47. The van der Waals surface area contributed by atoms with Crippen molar-refractivity contribution in [2.24, 2.45) is 0 Å². The molecule has 0 aromatic heterocycles. The first-order valence-electron chi connectivity index (χ1n) is 8.25. The number of hydrogen-bond acceptors (Lipinski definition) is 7. The molecule has 1 amide bonds. The molecule has 0 heterocycles. The zero-order valence-corrected chi connectivity index (χ0v) is 15.8. The van der Waals surface area contributed by atoms with Crippen molar-refractivity contribution in [2.45, 2.75) is 0 Å². The van der Waals surface area contributed by atoms with Crippen molar-refractivity contribution in [3.05, 3.63) is 48.0 Å². The SMILES string of the molecule is COc1cc(OC)c(C(=O)OCC(=O)N(CC#N)c2ccccc2)cc1OC. The third kappa shape index (κ3) is 4.71. The fourth-order valence-corrected chi connectivity index (χ4v) is 2.47. The number of ether oxygens (including phenoxy) is 4. The van der Waals surface area contributed by atoms with Gasteiger partial charge >= 0.3 is 5.97 Å². The Kier molecular flexibility index (Phi) is 7.22. The van der Waals surface area contributed by atoms with Crippen molar-refractivity contribution < 1.29 is 28.5 Å². The van der Waals surface area contributed by atoms with Crippen molar-refractivity contribution in [3.8, 4) is 23.3 Å². The first-order valence-corrected chi connectivity index (χ1v) is 8.25. The van der Waals surface area contributed by atoms with Crippen LogP contribution in [-0.2, 0) is 9.53 Å². The van der Waals surface area contributed by atoms with Crippen LogP contribution in [0.3, 0.4) is 0 Å². The highest BCUT2D eigenvalue weighted by molar-refractivity contribution is 5.98. The van der Waals surface area contributed by atoms with E-state index in [-0.39, 0.29) is 17.9 Å². The largest absolute Gasteiger partial charge is 0.496 e. The van der Waals surface area contributed by atoms with Crippen LogP contribution in [0.1, 0.15) is 10.4 Å². The van der Waals surface area contributed by atoms with E-state index in [2.05, 4.69) is 0 Å². The van der Waals surface area contributed by atoms with Crippen molar-refractivity contribution in [2.75, 3.05) is 39.4 Å². The summed E-state index contributed by atoms with van der Waals surface area (Å²) in [7, 11) is 4.29. The number of esters is 1.